The van der Waals surface area contributed by atoms with E-state index in [0.717, 1.165) is 5.52 Å². The van der Waals surface area contributed by atoms with Crippen LogP contribution in [0.15, 0.2) is 53.7 Å². The third kappa shape index (κ3) is 2.59. The second-order valence-corrected chi connectivity index (χ2v) is 6.30. The molecule has 0 aliphatic carbocycles. The van der Waals surface area contributed by atoms with Gasteiger partial charge >= 0.3 is 0 Å². The first-order chi connectivity index (χ1) is 9.95. The number of rotatable bonds is 3. The van der Waals surface area contributed by atoms with Crippen LogP contribution in [0.25, 0.3) is 11.0 Å². The van der Waals surface area contributed by atoms with Gasteiger partial charge in [0.2, 0.25) is 0 Å². The van der Waals surface area contributed by atoms with Gasteiger partial charge in [-0.15, -0.1) is 0 Å². The summed E-state index contributed by atoms with van der Waals surface area (Å²) in [7, 11) is -1.90. The Morgan fingerprint density at radius 1 is 1.14 bits per heavy atom. The topological polar surface area (TPSA) is 64.0 Å². The Morgan fingerprint density at radius 3 is 2.57 bits per heavy atom. The first-order valence-electron chi connectivity index (χ1n) is 6.15. The summed E-state index contributed by atoms with van der Waals surface area (Å²) >= 11 is 0. The summed E-state index contributed by atoms with van der Waals surface area (Å²) in [5, 5.41) is 0. The second-order valence-electron chi connectivity index (χ2n) is 4.62. The van der Waals surface area contributed by atoms with Gasteiger partial charge in [0.25, 0.3) is 10.0 Å². The number of halogens is 1. The van der Waals surface area contributed by atoms with Crippen LogP contribution in [0, 0.1) is 5.82 Å². The average molecular weight is 305 g/mol. The molecule has 7 heteroatoms. The molecule has 3 aromatic rings. The average Bonchev–Trinajstić information content (AvgIpc) is 2.82. The number of aryl methyl sites for hydroxylation is 1. The summed E-state index contributed by atoms with van der Waals surface area (Å²) in [6.07, 6.45) is 1.62. The fourth-order valence-corrected chi connectivity index (χ4v) is 3.09. The summed E-state index contributed by atoms with van der Waals surface area (Å²) < 4.78 is 41.6. The monoisotopic (exact) mass is 305 g/mol. The molecule has 21 heavy (non-hydrogen) atoms. The van der Waals surface area contributed by atoms with E-state index in [1.54, 1.807) is 17.0 Å². The summed E-state index contributed by atoms with van der Waals surface area (Å²) in [6, 6.07) is 9.83. The molecule has 5 nitrogen and oxygen atoms in total. The zero-order chi connectivity index (χ0) is 15.0. The van der Waals surface area contributed by atoms with Crippen molar-refractivity contribution in [2.24, 2.45) is 7.05 Å². The molecule has 1 N–H and O–H groups in total. The molecule has 0 radical (unpaired) electrons. The van der Waals surface area contributed by atoms with Crippen LogP contribution in [0.5, 0.6) is 0 Å². The fraction of sp³-hybridized carbons (Fsp3) is 0.0714. The number of aromatic nitrogens is 2. The van der Waals surface area contributed by atoms with Crippen LogP contribution >= 0.6 is 0 Å². The maximum Gasteiger partial charge on any atom is 0.261 e. The van der Waals surface area contributed by atoms with Crippen LogP contribution in [-0.2, 0) is 17.1 Å². The molecule has 0 saturated heterocycles. The Balaban J connectivity index is 1.97. The summed E-state index contributed by atoms with van der Waals surface area (Å²) in [6.45, 7) is 0. The normalized spacial score (nSPS) is 11.7. The van der Waals surface area contributed by atoms with E-state index in [9.17, 15) is 12.8 Å². The highest BCUT2D eigenvalue weighted by atomic mass is 32.2. The van der Waals surface area contributed by atoms with Crippen molar-refractivity contribution in [3.63, 3.8) is 0 Å². The third-order valence-electron chi connectivity index (χ3n) is 3.10. The predicted octanol–water partition coefficient (Wildman–Crippen LogP) is 2.51. The molecule has 2 aromatic carbocycles. The third-order valence-corrected chi connectivity index (χ3v) is 4.48. The molecule has 108 valence electrons. The van der Waals surface area contributed by atoms with Gasteiger partial charge in [0, 0.05) is 12.7 Å². The molecule has 0 atom stereocenters. The van der Waals surface area contributed by atoms with Crippen LogP contribution in [0.3, 0.4) is 0 Å². The maximum absolute atomic E-state index is 12.8. The minimum Gasteiger partial charge on any atom is -0.334 e. The molecule has 0 spiro atoms. The largest absolute Gasteiger partial charge is 0.334 e. The van der Waals surface area contributed by atoms with Crippen molar-refractivity contribution in [2.75, 3.05) is 4.72 Å². The lowest BCUT2D eigenvalue weighted by molar-refractivity contribution is 0.601. The number of nitrogens with zero attached hydrogens (tertiary/aromatic N) is 2. The minimum absolute atomic E-state index is 0.109. The first kappa shape index (κ1) is 13.6. The van der Waals surface area contributed by atoms with Crippen LogP contribution < -0.4 is 4.72 Å². The zero-order valence-electron chi connectivity index (χ0n) is 11.1. The number of fused-ring (bicyclic) bond motifs is 1. The van der Waals surface area contributed by atoms with Gasteiger partial charge in [-0.3, -0.25) is 4.72 Å². The van der Waals surface area contributed by atoms with Crippen molar-refractivity contribution < 1.29 is 12.8 Å². The number of anilines is 1. The first-order valence-corrected chi connectivity index (χ1v) is 7.63. The van der Waals surface area contributed by atoms with Gasteiger partial charge in [-0.2, -0.15) is 0 Å². The summed E-state index contributed by atoms with van der Waals surface area (Å²) in [4.78, 5) is 4.24. The van der Waals surface area contributed by atoms with Gasteiger partial charge in [0.05, 0.1) is 22.3 Å². The van der Waals surface area contributed by atoms with E-state index in [1.807, 2.05) is 7.05 Å². The van der Waals surface area contributed by atoms with E-state index in [-0.39, 0.29) is 4.90 Å². The standard InChI is InChI=1S/C14H12FN3O2S/c1-18-9-16-13-8-12(6-7-14(13)18)21(19,20)17-11-4-2-10(15)3-5-11/h2-9,17H,1H3. The Labute approximate surface area is 121 Å². The Morgan fingerprint density at radius 2 is 1.86 bits per heavy atom. The van der Waals surface area contributed by atoms with Gasteiger partial charge in [0.1, 0.15) is 5.82 Å². The number of hydrogen-bond donors (Lipinski definition) is 1. The lowest BCUT2D eigenvalue weighted by atomic mass is 10.3. The van der Waals surface area contributed by atoms with E-state index >= 15 is 0 Å². The lowest BCUT2D eigenvalue weighted by Gasteiger charge is -2.08. The van der Waals surface area contributed by atoms with Crippen molar-refractivity contribution in [3.05, 3.63) is 54.6 Å². The van der Waals surface area contributed by atoms with Crippen molar-refractivity contribution in [1.29, 1.82) is 0 Å². The molecule has 0 bridgehead atoms. The van der Waals surface area contributed by atoms with E-state index in [0.29, 0.717) is 11.2 Å². The molecule has 0 amide bonds. The van der Waals surface area contributed by atoms with E-state index in [1.165, 1.54) is 36.4 Å². The Kier molecular flexibility index (Phi) is 3.13. The van der Waals surface area contributed by atoms with Crippen LogP contribution in [0.2, 0.25) is 0 Å². The SMILES string of the molecule is Cn1cnc2cc(S(=O)(=O)Nc3ccc(F)cc3)ccc21. The Hall–Kier alpha value is -2.41. The highest BCUT2D eigenvalue weighted by molar-refractivity contribution is 7.92. The smallest absolute Gasteiger partial charge is 0.261 e. The molecule has 0 aliphatic heterocycles. The highest BCUT2D eigenvalue weighted by Gasteiger charge is 2.15. The number of nitrogens with one attached hydrogen (secondary N) is 1. The molecule has 0 saturated carbocycles. The van der Waals surface area contributed by atoms with Gasteiger partial charge in [-0.1, -0.05) is 0 Å². The summed E-state index contributed by atoms with van der Waals surface area (Å²) in [5.74, 6) is -0.423. The van der Waals surface area contributed by atoms with Gasteiger partial charge < -0.3 is 4.57 Å². The number of hydrogen-bond acceptors (Lipinski definition) is 3. The van der Waals surface area contributed by atoms with Crippen molar-refractivity contribution in [1.82, 2.24) is 9.55 Å². The number of sulfonamides is 1. The molecular formula is C14H12FN3O2S. The van der Waals surface area contributed by atoms with Crippen molar-refractivity contribution in [2.45, 2.75) is 4.90 Å². The van der Waals surface area contributed by atoms with Gasteiger partial charge in [-0.05, 0) is 42.5 Å². The Bertz CT molecular complexity index is 902. The van der Waals surface area contributed by atoms with Crippen molar-refractivity contribution in [3.8, 4) is 0 Å². The fourth-order valence-electron chi connectivity index (χ4n) is 2.02. The second kappa shape index (κ2) is 4.85. The molecule has 0 aliphatic rings. The van der Waals surface area contributed by atoms with Crippen LogP contribution in [0.1, 0.15) is 0 Å². The van der Waals surface area contributed by atoms with Crippen LogP contribution in [0.4, 0.5) is 10.1 Å². The number of imidazole rings is 1. The highest BCUT2D eigenvalue weighted by Crippen LogP contribution is 2.20. The molecule has 1 aromatic heterocycles. The van der Waals surface area contributed by atoms with Gasteiger partial charge in [0.15, 0.2) is 0 Å². The van der Waals surface area contributed by atoms with E-state index in [2.05, 4.69) is 9.71 Å². The van der Waals surface area contributed by atoms with E-state index < -0.39 is 15.8 Å². The van der Waals surface area contributed by atoms with Gasteiger partial charge in [-0.25, -0.2) is 17.8 Å². The zero-order valence-corrected chi connectivity index (χ0v) is 11.9. The molecule has 3 rings (SSSR count). The maximum atomic E-state index is 12.8. The molecule has 1 heterocycles. The molecule has 0 fully saturated rings. The van der Waals surface area contributed by atoms with Crippen molar-refractivity contribution >= 4 is 26.7 Å². The molecular weight excluding hydrogens is 293 g/mol. The quantitative estimate of drug-likeness (QED) is 0.808. The minimum atomic E-state index is -3.73. The molecule has 0 unspecified atom stereocenters. The number of benzene rings is 2. The summed E-state index contributed by atoms with van der Waals surface area (Å²) in [5.41, 5.74) is 1.74. The lowest BCUT2D eigenvalue weighted by Crippen LogP contribution is -2.12. The van der Waals surface area contributed by atoms with Crippen LogP contribution in [-0.4, -0.2) is 18.0 Å². The van der Waals surface area contributed by atoms with E-state index in [4.69, 9.17) is 0 Å². The predicted molar refractivity (Wildman–Crippen MR) is 77.9 cm³/mol.